The predicted molar refractivity (Wildman–Crippen MR) is 91.1 cm³/mol. The normalized spacial score (nSPS) is 11.0. The molecule has 0 bridgehead atoms. The van der Waals surface area contributed by atoms with Crippen LogP contribution in [0.1, 0.15) is 19.2 Å². The first-order valence-electron chi connectivity index (χ1n) is 7.99. The molecule has 0 aliphatic carbocycles. The van der Waals surface area contributed by atoms with E-state index in [1.54, 1.807) is 19.1 Å². The van der Waals surface area contributed by atoms with Crippen molar-refractivity contribution in [3.63, 3.8) is 0 Å². The van der Waals surface area contributed by atoms with Crippen LogP contribution in [0.2, 0.25) is 0 Å². The molecular formula is C17H18FN5O2. The molecule has 0 fully saturated rings. The van der Waals surface area contributed by atoms with Crippen molar-refractivity contribution in [3.8, 4) is 5.69 Å². The van der Waals surface area contributed by atoms with E-state index in [9.17, 15) is 14.0 Å². The number of amides is 1. The molecule has 25 heavy (non-hydrogen) atoms. The van der Waals surface area contributed by atoms with Gasteiger partial charge in [-0.05, 0) is 38.1 Å². The second-order valence-corrected chi connectivity index (χ2v) is 5.59. The molecule has 1 aromatic carbocycles. The zero-order valence-corrected chi connectivity index (χ0v) is 14.0. The molecule has 3 aromatic rings. The summed E-state index contributed by atoms with van der Waals surface area (Å²) in [7, 11) is 0. The van der Waals surface area contributed by atoms with Crippen molar-refractivity contribution in [1.82, 2.24) is 24.6 Å². The van der Waals surface area contributed by atoms with Gasteiger partial charge in [-0.2, -0.15) is 5.10 Å². The summed E-state index contributed by atoms with van der Waals surface area (Å²) in [5.74, 6) is 0.0265. The van der Waals surface area contributed by atoms with Crippen LogP contribution in [-0.4, -0.2) is 31.8 Å². The summed E-state index contributed by atoms with van der Waals surface area (Å²) in [4.78, 5) is 28.8. The molecule has 1 N–H and O–H groups in total. The fraction of sp³-hybridized carbons (Fsp3) is 0.294. The minimum Gasteiger partial charge on any atom is -0.356 e. The van der Waals surface area contributed by atoms with Crippen molar-refractivity contribution in [2.24, 2.45) is 0 Å². The number of benzene rings is 1. The average Bonchev–Trinajstić information content (AvgIpc) is 2.99. The van der Waals surface area contributed by atoms with E-state index >= 15 is 0 Å². The summed E-state index contributed by atoms with van der Waals surface area (Å²) in [6, 6.07) is 5.78. The fourth-order valence-electron chi connectivity index (χ4n) is 2.64. The van der Waals surface area contributed by atoms with Crippen LogP contribution in [0.5, 0.6) is 0 Å². The van der Waals surface area contributed by atoms with Gasteiger partial charge in [0.15, 0.2) is 5.65 Å². The van der Waals surface area contributed by atoms with Crippen LogP contribution in [0, 0.1) is 12.7 Å². The molecule has 0 spiro atoms. The minimum atomic E-state index is -0.350. The van der Waals surface area contributed by atoms with E-state index in [2.05, 4.69) is 15.4 Å². The lowest BCUT2D eigenvalue weighted by molar-refractivity contribution is -0.121. The highest BCUT2D eigenvalue weighted by Crippen LogP contribution is 2.15. The molecule has 0 saturated heterocycles. The third-order valence-corrected chi connectivity index (χ3v) is 3.89. The van der Waals surface area contributed by atoms with E-state index in [-0.39, 0.29) is 30.2 Å². The summed E-state index contributed by atoms with van der Waals surface area (Å²) in [5.41, 5.74) is 0.770. The van der Waals surface area contributed by atoms with Gasteiger partial charge in [-0.1, -0.05) is 0 Å². The van der Waals surface area contributed by atoms with Gasteiger partial charge in [0, 0.05) is 19.5 Å². The van der Waals surface area contributed by atoms with Gasteiger partial charge in [0.1, 0.15) is 17.0 Å². The van der Waals surface area contributed by atoms with Crippen LogP contribution in [0.25, 0.3) is 16.7 Å². The predicted octanol–water partition coefficient (Wildman–Crippen LogP) is 1.56. The van der Waals surface area contributed by atoms with Crippen LogP contribution in [-0.2, 0) is 11.3 Å². The van der Waals surface area contributed by atoms with Crippen LogP contribution in [0.4, 0.5) is 4.39 Å². The Morgan fingerprint density at radius 2 is 2.00 bits per heavy atom. The maximum absolute atomic E-state index is 13.1. The molecule has 3 rings (SSSR count). The lowest BCUT2D eigenvalue weighted by atomic mass is 10.3. The second-order valence-electron chi connectivity index (χ2n) is 5.59. The smallest absolute Gasteiger partial charge is 0.264 e. The quantitative estimate of drug-likeness (QED) is 0.762. The molecule has 7 nitrogen and oxygen atoms in total. The van der Waals surface area contributed by atoms with E-state index in [0.717, 1.165) is 0 Å². The summed E-state index contributed by atoms with van der Waals surface area (Å²) in [5, 5.41) is 7.25. The Morgan fingerprint density at radius 3 is 2.68 bits per heavy atom. The fourth-order valence-corrected chi connectivity index (χ4v) is 2.64. The summed E-state index contributed by atoms with van der Waals surface area (Å²) < 4.78 is 16.1. The third kappa shape index (κ3) is 3.28. The summed E-state index contributed by atoms with van der Waals surface area (Å²) in [6.45, 7) is 4.35. The molecular weight excluding hydrogens is 325 g/mol. The Kier molecular flexibility index (Phi) is 4.60. The second kappa shape index (κ2) is 6.84. The zero-order valence-electron chi connectivity index (χ0n) is 14.0. The zero-order chi connectivity index (χ0) is 18.0. The van der Waals surface area contributed by atoms with Gasteiger partial charge in [0.2, 0.25) is 5.91 Å². The number of carbonyl (C=O) groups is 1. The van der Waals surface area contributed by atoms with Crippen LogP contribution >= 0.6 is 0 Å². The van der Waals surface area contributed by atoms with E-state index in [0.29, 0.717) is 29.1 Å². The SMILES string of the molecule is CCNC(=O)CCn1c(C)nc2c(cnn2-c2ccc(F)cc2)c1=O. The van der Waals surface area contributed by atoms with E-state index in [4.69, 9.17) is 0 Å². The number of nitrogens with one attached hydrogen (secondary N) is 1. The van der Waals surface area contributed by atoms with Gasteiger partial charge >= 0.3 is 0 Å². The van der Waals surface area contributed by atoms with E-state index < -0.39 is 0 Å². The summed E-state index contributed by atoms with van der Waals surface area (Å²) in [6.07, 6.45) is 1.64. The summed E-state index contributed by atoms with van der Waals surface area (Å²) >= 11 is 0. The van der Waals surface area contributed by atoms with Gasteiger partial charge in [-0.3, -0.25) is 14.2 Å². The molecule has 8 heteroatoms. The van der Waals surface area contributed by atoms with E-state index in [1.807, 2.05) is 6.92 Å². The number of aryl methyl sites for hydroxylation is 1. The Labute approximate surface area is 143 Å². The van der Waals surface area contributed by atoms with Crippen molar-refractivity contribution >= 4 is 16.9 Å². The molecule has 2 heterocycles. The number of rotatable bonds is 5. The molecule has 0 aliphatic heterocycles. The van der Waals surface area contributed by atoms with Gasteiger partial charge < -0.3 is 5.32 Å². The van der Waals surface area contributed by atoms with Crippen molar-refractivity contribution in [2.75, 3.05) is 6.54 Å². The van der Waals surface area contributed by atoms with Crippen LogP contribution in [0.3, 0.4) is 0 Å². The first-order chi connectivity index (χ1) is 12.0. The number of nitrogens with zero attached hydrogens (tertiary/aromatic N) is 4. The molecule has 0 aliphatic rings. The van der Waals surface area contributed by atoms with Crippen molar-refractivity contribution in [2.45, 2.75) is 26.8 Å². The van der Waals surface area contributed by atoms with Crippen molar-refractivity contribution in [3.05, 3.63) is 52.5 Å². The number of carbonyl (C=O) groups excluding carboxylic acids is 1. The molecule has 2 aromatic heterocycles. The maximum Gasteiger partial charge on any atom is 0.264 e. The molecule has 1 amide bonds. The number of halogens is 1. The van der Waals surface area contributed by atoms with Gasteiger partial charge in [-0.15, -0.1) is 0 Å². The Morgan fingerprint density at radius 1 is 1.28 bits per heavy atom. The van der Waals surface area contributed by atoms with Gasteiger partial charge in [0.05, 0.1) is 11.9 Å². The van der Waals surface area contributed by atoms with E-state index in [1.165, 1.54) is 27.6 Å². The highest BCUT2D eigenvalue weighted by atomic mass is 19.1. The van der Waals surface area contributed by atoms with Crippen molar-refractivity contribution < 1.29 is 9.18 Å². The topological polar surface area (TPSA) is 81.8 Å². The Bertz CT molecular complexity index is 975. The lowest BCUT2D eigenvalue weighted by Crippen LogP contribution is -2.29. The first-order valence-corrected chi connectivity index (χ1v) is 7.99. The van der Waals surface area contributed by atoms with Gasteiger partial charge in [0.25, 0.3) is 5.56 Å². The average molecular weight is 343 g/mol. The monoisotopic (exact) mass is 343 g/mol. The number of hydrogen-bond acceptors (Lipinski definition) is 4. The number of fused-ring (bicyclic) bond motifs is 1. The maximum atomic E-state index is 13.1. The number of hydrogen-bond donors (Lipinski definition) is 1. The standard InChI is InChI=1S/C17H18FN5O2/c1-3-19-15(24)8-9-22-11(2)21-16-14(17(22)25)10-20-23(16)13-6-4-12(18)5-7-13/h4-7,10H,3,8-9H2,1-2H3,(H,19,24). The molecule has 0 saturated carbocycles. The van der Waals surface area contributed by atoms with Crippen LogP contribution in [0.15, 0.2) is 35.3 Å². The molecule has 0 atom stereocenters. The van der Waals surface area contributed by atoms with Gasteiger partial charge in [-0.25, -0.2) is 14.1 Å². The molecule has 130 valence electrons. The largest absolute Gasteiger partial charge is 0.356 e. The minimum absolute atomic E-state index is 0.115. The number of aromatic nitrogens is 4. The molecule has 0 unspecified atom stereocenters. The van der Waals surface area contributed by atoms with Crippen molar-refractivity contribution in [1.29, 1.82) is 0 Å². The highest BCUT2D eigenvalue weighted by molar-refractivity contribution is 5.76. The lowest BCUT2D eigenvalue weighted by Gasteiger charge is -2.10. The van der Waals surface area contributed by atoms with Crippen LogP contribution < -0.4 is 10.9 Å². The molecule has 0 radical (unpaired) electrons. The first kappa shape index (κ1) is 16.8. The highest BCUT2D eigenvalue weighted by Gasteiger charge is 2.14. The Hall–Kier alpha value is -3.03. The third-order valence-electron chi connectivity index (χ3n) is 3.89. The Balaban J connectivity index is 2.00.